The van der Waals surface area contributed by atoms with E-state index in [1.54, 1.807) is 0 Å². The van der Waals surface area contributed by atoms with Crippen molar-refractivity contribution >= 4 is 22.4 Å². The minimum Gasteiger partial charge on any atom is -0.361 e. The summed E-state index contributed by atoms with van der Waals surface area (Å²) in [4.78, 5) is 16.5. The van der Waals surface area contributed by atoms with Crippen LogP contribution in [-0.2, 0) is 11.2 Å². The molecule has 0 aliphatic heterocycles. The van der Waals surface area contributed by atoms with E-state index in [0.717, 1.165) is 28.3 Å². The van der Waals surface area contributed by atoms with Crippen molar-refractivity contribution in [2.75, 3.05) is 5.32 Å². The van der Waals surface area contributed by atoms with E-state index in [0.29, 0.717) is 18.0 Å². The molecular formula is C17H17N3O2S. The molecule has 0 bridgehead atoms. The van der Waals surface area contributed by atoms with Gasteiger partial charge in [0.25, 0.3) is 0 Å². The molecule has 0 spiro atoms. The molecule has 0 aliphatic rings. The molecule has 1 amide bonds. The molecule has 2 heterocycles. The van der Waals surface area contributed by atoms with E-state index in [-0.39, 0.29) is 5.91 Å². The van der Waals surface area contributed by atoms with Gasteiger partial charge in [0.05, 0.1) is 11.4 Å². The lowest BCUT2D eigenvalue weighted by Crippen LogP contribution is -2.12. The Morgan fingerprint density at radius 3 is 2.74 bits per heavy atom. The van der Waals surface area contributed by atoms with Crippen LogP contribution in [0.4, 0.5) is 5.13 Å². The highest BCUT2D eigenvalue weighted by molar-refractivity contribution is 7.14. The Labute approximate surface area is 138 Å². The predicted octanol–water partition coefficient (Wildman–Crippen LogP) is 3.99. The normalized spacial score (nSPS) is 10.7. The zero-order valence-corrected chi connectivity index (χ0v) is 13.8. The van der Waals surface area contributed by atoms with Crippen LogP contribution >= 0.6 is 11.3 Å². The SMILES string of the molecule is Cc1noc(C)c1CCC(=O)Nc1nc(-c2ccccc2)cs1. The Morgan fingerprint density at radius 2 is 2.04 bits per heavy atom. The molecule has 0 atom stereocenters. The van der Waals surface area contributed by atoms with E-state index in [1.807, 2.05) is 49.6 Å². The number of nitrogens with zero attached hydrogens (tertiary/aromatic N) is 2. The first-order chi connectivity index (χ1) is 11.1. The first kappa shape index (κ1) is 15.4. The van der Waals surface area contributed by atoms with Gasteiger partial charge >= 0.3 is 0 Å². The predicted molar refractivity (Wildman–Crippen MR) is 90.5 cm³/mol. The van der Waals surface area contributed by atoms with Crippen LogP contribution in [-0.4, -0.2) is 16.0 Å². The zero-order chi connectivity index (χ0) is 16.2. The lowest BCUT2D eigenvalue weighted by molar-refractivity contribution is -0.116. The second-order valence-electron chi connectivity index (χ2n) is 5.25. The molecule has 0 saturated carbocycles. The Balaban J connectivity index is 1.59. The summed E-state index contributed by atoms with van der Waals surface area (Å²) in [6.45, 7) is 3.75. The van der Waals surface area contributed by atoms with E-state index >= 15 is 0 Å². The molecule has 0 unspecified atom stereocenters. The fourth-order valence-corrected chi connectivity index (χ4v) is 3.09. The molecule has 3 aromatic rings. The van der Waals surface area contributed by atoms with Crippen LogP contribution in [0.5, 0.6) is 0 Å². The molecule has 0 aliphatic carbocycles. The van der Waals surface area contributed by atoms with Crippen LogP contribution in [0.25, 0.3) is 11.3 Å². The molecule has 1 N–H and O–H groups in total. The highest BCUT2D eigenvalue weighted by Crippen LogP contribution is 2.24. The first-order valence-electron chi connectivity index (χ1n) is 7.36. The summed E-state index contributed by atoms with van der Waals surface area (Å²) in [6.07, 6.45) is 0.993. The Morgan fingerprint density at radius 1 is 1.26 bits per heavy atom. The monoisotopic (exact) mass is 327 g/mol. The van der Waals surface area contributed by atoms with Gasteiger partial charge in [0.15, 0.2) is 5.13 Å². The molecule has 0 saturated heterocycles. The van der Waals surface area contributed by atoms with Gasteiger partial charge < -0.3 is 9.84 Å². The highest BCUT2D eigenvalue weighted by atomic mass is 32.1. The van der Waals surface area contributed by atoms with Crippen molar-refractivity contribution in [2.45, 2.75) is 26.7 Å². The zero-order valence-electron chi connectivity index (χ0n) is 13.0. The molecule has 0 fully saturated rings. The lowest BCUT2D eigenvalue weighted by Gasteiger charge is -2.01. The van der Waals surface area contributed by atoms with E-state index < -0.39 is 0 Å². The van der Waals surface area contributed by atoms with Crippen molar-refractivity contribution in [3.63, 3.8) is 0 Å². The van der Waals surface area contributed by atoms with Gasteiger partial charge in [-0.25, -0.2) is 4.98 Å². The number of thiazole rings is 1. The second kappa shape index (κ2) is 6.75. The minimum absolute atomic E-state index is 0.0565. The Hall–Kier alpha value is -2.47. The number of aryl methyl sites for hydroxylation is 2. The number of aromatic nitrogens is 2. The highest BCUT2D eigenvalue weighted by Gasteiger charge is 2.12. The van der Waals surface area contributed by atoms with E-state index in [1.165, 1.54) is 11.3 Å². The maximum absolute atomic E-state index is 12.1. The molecule has 0 radical (unpaired) electrons. The largest absolute Gasteiger partial charge is 0.361 e. The molecule has 6 heteroatoms. The van der Waals surface area contributed by atoms with Gasteiger partial charge in [-0.1, -0.05) is 35.5 Å². The smallest absolute Gasteiger partial charge is 0.226 e. The quantitative estimate of drug-likeness (QED) is 0.769. The second-order valence-corrected chi connectivity index (χ2v) is 6.11. The summed E-state index contributed by atoms with van der Waals surface area (Å²) in [5.41, 5.74) is 3.76. The summed E-state index contributed by atoms with van der Waals surface area (Å²) in [6, 6.07) is 9.90. The van der Waals surface area contributed by atoms with Gasteiger partial charge in [0.2, 0.25) is 5.91 Å². The number of amides is 1. The van der Waals surface area contributed by atoms with Crippen molar-refractivity contribution in [1.82, 2.24) is 10.1 Å². The number of anilines is 1. The minimum atomic E-state index is -0.0565. The van der Waals surface area contributed by atoms with Crippen molar-refractivity contribution in [2.24, 2.45) is 0 Å². The van der Waals surface area contributed by atoms with Crippen LogP contribution < -0.4 is 5.32 Å². The topological polar surface area (TPSA) is 68.0 Å². The van der Waals surface area contributed by atoms with Crippen molar-refractivity contribution in [3.8, 4) is 11.3 Å². The first-order valence-corrected chi connectivity index (χ1v) is 8.24. The summed E-state index contributed by atoms with van der Waals surface area (Å²) in [5.74, 6) is 0.717. The molecule has 118 valence electrons. The molecule has 1 aromatic carbocycles. The van der Waals surface area contributed by atoms with E-state index in [4.69, 9.17) is 4.52 Å². The Kier molecular flexibility index (Phi) is 4.52. The fraction of sp³-hybridized carbons (Fsp3) is 0.235. The summed E-state index contributed by atoms with van der Waals surface area (Å²) in [5, 5.41) is 9.31. The van der Waals surface area contributed by atoms with Gasteiger partial charge in [-0.3, -0.25) is 4.79 Å². The molecule has 23 heavy (non-hydrogen) atoms. The number of hydrogen-bond acceptors (Lipinski definition) is 5. The number of nitrogens with one attached hydrogen (secondary N) is 1. The third-order valence-corrected chi connectivity index (χ3v) is 4.36. The summed E-state index contributed by atoms with van der Waals surface area (Å²) < 4.78 is 5.11. The van der Waals surface area contributed by atoms with Gasteiger partial charge in [-0.15, -0.1) is 11.3 Å². The number of benzene rings is 1. The number of hydrogen-bond donors (Lipinski definition) is 1. The summed E-state index contributed by atoms with van der Waals surface area (Å²) in [7, 11) is 0. The number of carbonyl (C=O) groups is 1. The average Bonchev–Trinajstić information content (AvgIpc) is 3.14. The van der Waals surface area contributed by atoms with Crippen molar-refractivity contribution in [3.05, 3.63) is 52.7 Å². The molecular weight excluding hydrogens is 310 g/mol. The summed E-state index contributed by atoms with van der Waals surface area (Å²) >= 11 is 1.43. The van der Waals surface area contributed by atoms with Crippen molar-refractivity contribution < 1.29 is 9.32 Å². The maximum atomic E-state index is 12.1. The van der Waals surface area contributed by atoms with E-state index in [9.17, 15) is 4.79 Å². The maximum Gasteiger partial charge on any atom is 0.226 e. The Bertz CT molecular complexity index is 789. The van der Waals surface area contributed by atoms with Gasteiger partial charge in [-0.2, -0.15) is 0 Å². The van der Waals surface area contributed by atoms with E-state index in [2.05, 4.69) is 15.5 Å². The average molecular weight is 327 g/mol. The van der Waals surface area contributed by atoms with Gasteiger partial charge in [0, 0.05) is 22.9 Å². The third kappa shape index (κ3) is 3.65. The van der Waals surface area contributed by atoms with Crippen LogP contribution in [0.1, 0.15) is 23.4 Å². The molecule has 3 rings (SSSR count). The van der Waals surface area contributed by atoms with Crippen molar-refractivity contribution in [1.29, 1.82) is 0 Å². The molecule has 2 aromatic heterocycles. The molecule has 5 nitrogen and oxygen atoms in total. The van der Waals surface area contributed by atoms with Crippen LogP contribution in [0.3, 0.4) is 0 Å². The van der Waals surface area contributed by atoms with Crippen LogP contribution in [0, 0.1) is 13.8 Å². The van der Waals surface area contributed by atoms with Gasteiger partial charge in [-0.05, 0) is 20.3 Å². The number of rotatable bonds is 5. The van der Waals surface area contributed by atoms with Gasteiger partial charge in [0.1, 0.15) is 5.76 Å². The van der Waals surface area contributed by atoms with Crippen LogP contribution in [0.2, 0.25) is 0 Å². The lowest BCUT2D eigenvalue weighted by atomic mass is 10.1. The fourth-order valence-electron chi connectivity index (χ4n) is 2.35. The standard InChI is InChI=1S/C17H17N3O2S/c1-11-14(12(2)22-20-11)8-9-16(21)19-17-18-15(10-23-17)13-6-4-3-5-7-13/h3-7,10H,8-9H2,1-2H3,(H,18,19,21). The third-order valence-electron chi connectivity index (χ3n) is 3.60. The van der Waals surface area contributed by atoms with Crippen LogP contribution in [0.15, 0.2) is 40.2 Å². The number of carbonyl (C=O) groups excluding carboxylic acids is 1.